The van der Waals surface area contributed by atoms with Crippen LogP contribution in [-0.4, -0.2) is 6.61 Å². The second kappa shape index (κ2) is 12.1. The molecule has 1 atom stereocenters. The van der Waals surface area contributed by atoms with Crippen LogP contribution >= 0.6 is 0 Å². The predicted molar refractivity (Wildman–Crippen MR) is 137 cm³/mol. The fourth-order valence-corrected chi connectivity index (χ4v) is 5.83. The van der Waals surface area contributed by atoms with E-state index in [1.54, 1.807) is 25.1 Å². The molecule has 0 amide bonds. The molecule has 0 radical (unpaired) electrons. The van der Waals surface area contributed by atoms with Gasteiger partial charge in [0.2, 0.25) is 5.82 Å². The van der Waals surface area contributed by atoms with E-state index in [2.05, 4.69) is 6.08 Å². The molecule has 0 aromatic heterocycles. The molecule has 1 saturated carbocycles. The van der Waals surface area contributed by atoms with Crippen LogP contribution in [-0.2, 0) is 6.42 Å². The normalized spacial score (nSPS) is 22.6. The van der Waals surface area contributed by atoms with Crippen molar-refractivity contribution >= 4 is 5.57 Å². The second-order valence-corrected chi connectivity index (χ2v) is 10.2. The van der Waals surface area contributed by atoms with Crippen LogP contribution in [0, 0.1) is 35.1 Å². The molecule has 2 aromatic carbocycles. The number of rotatable bonds is 8. The zero-order chi connectivity index (χ0) is 25.7. The number of halogens is 4. The topological polar surface area (TPSA) is 9.23 Å². The van der Waals surface area contributed by atoms with Crippen molar-refractivity contribution in [3.63, 3.8) is 0 Å². The Morgan fingerprint density at radius 2 is 1.67 bits per heavy atom. The van der Waals surface area contributed by atoms with Crippen LogP contribution in [0.5, 0.6) is 5.75 Å². The Bertz CT molecular complexity index is 1110. The highest BCUT2D eigenvalue weighted by molar-refractivity contribution is 5.67. The van der Waals surface area contributed by atoms with E-state index in [1.807, 2.05) is 19.1 Å². The minimum absolute atomic E-state index is 0.0314. The third-order valence-corrected chi connectivity index (χ3v) is 7.91. The molecule has 0 spiro atoms. The summed E-state index contributed by atoms with van der Waals surface area (Å²) in [6.07, 6.45) is 13.3. The molecule has 0 bridgehead atoms. The van der Waals surface area contributed by atoms with Gasteiger partial charge in [0.05, 0.1) is 6.61 Å². The summed E-state index contributed by atoms with van der Waals surface area (Å²) in [6.45, 7) is 4.01. The lowest BCUT2D eigenvalue weighted by molar-refractivity contribution is 0.296. The van der Waals surface area contributed by atoms with Crippen molar-refractivity contribution in [3.8, 4) is 5.75 Å². The molecular formula is C31H36F4O. The summed E-state index contributed by atoms with van der Waals surface area (Å²) in [4.78, 5) is 0. The fourth-order valence-electron chi connectivity index (χ4n) is 5.83. The molecule has 0 heterocycles. The first-order valence-electron chi connectivity index (χ1n) is 13.3. The van der Waals surface area contributed by atoms with Gasteiger partial charge in [-0.15, -0.1) is 0 Å². The van der Waals surface area contributed by atoms with E-state index in [-0.39, 0.29) is 18.3 Å². The molecule has 1 unspecified atom stereocenters. The number of aryl methyl sites for hydroxylation is 1. The van der Waals surface area contributed by atoms with E-state index in [0.717, 1.165) is 56.9 Å². The van der Waals surface area contributed by atoms with E-state index in [0.29, 0.717) is 34.9 Å². The van der Waals surface area contributed by atoms with Gasteiger partial charge in [-0.25, -0.2) is 13.2 Å². The third kappa shape index (κ3) is 5.87. The molecule has 0 aliphatic heterocycles. The molecule has 1 nitrogen and oxygen atoms in total. The standard InChI is InChI=1S/C31H36F4O/c1-3-5-20-6-11-22(12-7-20)25-17-16-24(28(32)29(25)33)15-10-21-8-13-23(14-9-21)26-18-19-27(36-4-2)31(35)30(26)34/h3,5,11,16-21,23H,4,6-10,12-15H2,1-2H3/b5-3+. The average Bonchev–Trinajstić information content (AvgIpc) is 2.89. The van der Waals surface area contributed by atoms with Crippen molar-refractivity contribution in [1.82, 2.24) is 0 Å². The molecule has 2 aromatic rings. The Labute approximate surface area is 212 Å². The molecule has 5 heteroatoms. The Kier molecular flexibility index (Phi) is 8.92. The Balaban J connectivity index is 1.33. The quantitative estimate of drug-likeness (QED) is 0.259. The maximum atomic E-state index is 14.9. The second-order valence-electron chi connectivity index (χ2n) is 10.2. The summed E-state index contributed by atoms with van der Waals surface area (Å²) in [5.41, 5.74) is 2.11. The molecule has 2 aliphatic carbocycles. The molecule has 4 rings (SSSR count). The van der Waals surface area contributed by atoms with Gasteiger partial charge in [0.15, 0.2) is 23.2 Å². The zero-order valence-electron chi connectivity index (χ0n) is 21.3. The minimum atomic E-state index is -0.918. The van der Waals surface area contributed by atoms with Gasteiger partial charge in [0, 0.05) is 5.56 Å². The summed E-state index contributed by atoms with van der Waals surface area (Å²) < 4.78 is 63.9. The van der Waals surface area contributed by atoms with E-state index in [4.69, 9.17) is 4.74 Å². The summed E-state index contributed by atoms with van der Waals surface area (Å²) >= 11 is 0. The summed E-state index contributed by atoms with van der Waals surface area (Å²) in [7, 11) is 0. The van der Waals surface area contributed by atoms with Gasteiger partial charge in [-0.3, -0.25) is 0 Å². The van der Waals surface area contributed by atoms with Gasteiger partial charge in [-0.1, -0.05) is 36.4 Å². The van der Waals surface area contributed by atoms with E-state index >= 15 is 0 Å². The summed E-state index contributed by atoms with van der Waals surface area (Å²) in [5.74, 6) is -2.44. The van der Waals surface area contributed by atoms with Crippen molar-refractivity contribution in [2.45, 2.75) is 77.6 Å². The van der Waals surface area contributed by atoms with E-state index in [1.165, 1.54) is 6.07 Å². The van der Waals surface area contributed by atoms with Crippen LogP contribution in [0.1, 0.15) is 87.8 Å². The molecule has 0 saturated heterocycles. The Hall–Kier alpha value is -2.56. The van der Waals surface area contributed by atoms with Gasteiger partial charge in [-0.05, 0) is 112 Å². The van der Waals surface area contributed by atoms with Crippen molar-refractivity contribution in [3.05, 3.63) is 82.5 Å². The monoisotopic (exact) mass is 500 g/mol. The average molecular weight is 501 g/mol. The first kappa shape index (κ1) is 26.5. The number of ether oxygens (including phenoxy) is 1. The highest BCUT2D eigenvalue weighted by Crippen LogP contribution is 2.40. The first-order chi connectivity index (χ1) is 17.4. The maximum absolute atomic E-state index is 14.9. The van der Waals surface area contributed by atoms with Gasteiger partial charge in [0.1, 0.15) is 0 Å². The van der Waals surface area contributed by atoms with Gasteiger partial charge in [-0.2, -0.15) is 4.39 Å². The van der Waals surface area contributed by atoms with Gasteiger partial charge < -0.3 is 4.74 Å². The lowest BCUT2D eigenvalue weighted by Crippen LogP contribution is -2.16. The van der Waals surface area contributed by atoms with Crippen LogP contribution in [0.2, 0.25) is 0 Å². The van der Waals surface area contributed by atoms with Crippen LogP contribution in [0.4, 0.5) is 17.6 Å². The minimum Gasteiger partial charge on any atom is -0.491 e. The molecule has 1 fully saturated rings. The number of benzene rings is 2. The zero-order valence-corrected chi connectivity index (χ0v) is 21.3. The van der Waals surface area contributed by atoms with Gasteiger partial charge in [0.25, 0.3) is 0 Å². The summed E-state index contributed by atoms with van der Waals surface area (Å²) in [5, 5.41) is 0. The SMILES string of the molecule is C/C=C/C1CC=C(c2ccc(CCC3CCC(c4ccc(OCC)c(F)c4F)CC3)c(F)c2F)CC1. The van der Waals surface area contributed by atoms with Crippen LogP contribution < -0.4 is 4.74 Å². The maximum Gasteiger partial charge on any atom is 0.200 e. The molecule has 194 valence electrons. The lowest BCUT2D eigenvalue weighted by atomic mass is 9.76. The smallest absolute Gasteiger partial charge is 0.200 e. The number of hydrogen-bond donors (Lipinski definition) is 0. The Morgan fingerprint density at radius 3 is 2.33 bits per heavy atom. The lowest BCUT2D eigenvalue weighted by Gasteiger charge is -2.29. The molecular weight excluding hydrogens is 464 g/mol. The third-order valence-electron chi connectivity index (χ3n) is 7.91. The Morgan fingerprint density at radius 1 is 0.889 bits per heavy atom. The number of allylic oxidation sites excluding steroid dienone is 4. The first-order valence-corrected chi connectivity index (χ1v) is 13.3. The summed E-state index contributed by atoms with van der Waals surface area (Å²) in [6, 6.07) is 6.61. The van der Waals surface area contributed by atoms with Crippen LogP contribution in [0.25, 0.3) is 5.57 Å². The van der Waals surface area contributed by atoms with Gasteiger partial charge >= 0.3 is 0 Å². The van der Waals surface area contributed by atoms with Crippen molar-refractivity contribution in [1.29, 1.82) is 0 Å². The van der Waals surface area contributed by atoms with Crippen molar-refractivity contribution in [2.24, 2.45) is 11.8 Å². The van der Waals surface area contributed by atoms with Crippen molar-refractivity contribution < 1.29 is 22.3 Å². The number of hydrogen-bond acceptors (Lipinski definition) is 1. The molecule has 0 N–H and O–H groups in total. The highest BCUT2D eigenvalue weighted by atomic mass is 19.2. The largest absolute Gasteiger partial charge is 0.491 e. The highest BCUT2D eigenvalue weighted by Gasteiger charge is 2.27. The predicted octanol–water partition coefficient (Wildman–Crippen LogP) is 9.31. The van der Waals surface area contributed by atoms with E-state index < -0.39 is 23.3 Å². The van der Waals surface area contributed by atoms with Crippen LogP contribution in [0.3, 0.4) is 0 Å². The molecule has 36 heavy (non-hydrogen) atoms. The molecule has 2 aliphatic rings. The fraction of sp³-hybridized carbons (Fsp3) is 0.484. The van der Waals surface area contributed by atoms with E-state index in [9.17, 15) is 17.6 Å². The van der Waals surface area contributed by atoms with Crippen LogP contribution in [0.15, 0.2) is 42.5 Å². The van der Waals surface area contributed by atoms with Crippen molar-refractivity contribution in [2.75, 3.05) is 6.61 Å².